The zero-order valence-corrected chi connectivity index (χ0v) is 16.0. The van der Waals surface area contributed by atoms with Crippen LogP contribution in [-0.2, 0) is 0 Å². The Morgan fingerprint density at radius 2 is 1.78 bits per heavy atom. The molecule has 4 rings (SSSR count). The highest BCUT2D eigenvalue weighted by Crippen LogP contribution is 2.26. The van der Waals surface area contributed by atoms with Gasteiger partial charge in [-0.15, -0.1) is 10.2 Å². The first-order valence-electron chi connectivity index (χ1n) is 9.14. The van der Waals surface area contributed by atoms with Gasteiger partial charge in [0, 0.05) is 37.1 Å². The Morgan fingerprint density at radius 3 is 2.48 bits per heavy atom. The van der Waals surface area contributed by atoms with Gasteiger partial charge >= 0.3 is 0 Å². The molecule has 0 radical (unpaired) electrons. The number of halogens is 1. The molecule has 7 nitrogen and oxygen atoms in total. The van der Waals surface area contributed by atoms with E-state index in [-0.39, 0.29) is 0 Å². The zero-order chi connectivity index (χ0) is 18.6. The average Bonchev–Trinajstić information content (AvgIpc) is 3.10. The quantitative estimate of drug-likeness (QED) is 0.728. The summed E-state index contributed by atoms with van der Waals surface area (Å²) in [6.45, 7) is 4.77. The molecule has 0 aliphatic carbocycles. The number of benzene rings is 1. The van der Waals surface area contributed by atoms with Gasteiger partial charge in [-0.05, 0) is 56.0 Å². The Morgan fingerprint density at radius 1 is 1.07 bits per heavy atom. The van der Waals surface area contributed by atoms with Crippen molar-refractivity contribution >= 4 is 23.5 Å². The summed E-state index contributed by atoms with van der Waals surface area (Å²) in [6, 6.07) is 9.60. The summed E-state index contributed by atoms with van der Waals surface area (Å²) in [5, 5.41) is 12.8. The smallest absolute Gasteiger partial charge is 0.231 e. The third kappa shape index (κ3) is 4.03. The van der Waals surface area contributed by atoms with Crippen LogP contribution in [0, 0.1) is 12.8 Å². The molecular weight excluding hydrogens is 362 g/mol. The molecule has 1 aliphatic rings. The predicted molar refractivity (Wildman–Crippen MR) is 107 cm³/mol. The van der Waals surface area contributed by atoms with Gasteiger partial charge in [-0.25, -0.2) is 9.97 Å². The minimum Gasteiger partial charge on any atom is -0.354 e. The molecule has 1 fully saturated rings. The topological polar surface area (TPSA) is 71.8 Å². The van der Waals surface area contributed by atoms with Crippen molar-refractivity contribution in [2.45, 2.75) is 19.8 Å². The van der Waals surface area contributed by atoms with E-state index in [0.29, 0.717) is 11.9 Å². The molecule has 27 heavy (non-hydrogen) atoms. The number of aromatic nitrogens is 5. The summed E-state index contributed by atoms with van der Waals surface area (Å²) in [7, 11) is 0. The van der Waals surface area contributed by atoms with Gasteiger partial charge < -0.3 is 10.2 Å². The predicted octanol–water partition coefficient (Wildman–Crippen LogP) is 3.35. The molecule has 1 aromatic carbocycles. The van der Waals surface area contributed by atoms with Gasteiger partial charge in [-0.3, -0.25) is 4.57 Å². The number of anilines is 2. The van der Waals surface area contributed by atoms with Crippen LogP contribution in [0.2, 0.25) is 5.02 Å². The molecule has 8 heteroatoms. The first-order valence-corrected chi connectivity index (χ1v) is 9.52. The Labute approximate surface area is 163 Å². The summed E-state index contributed by atoms with van der Waals surface area (Å²) in [4.78, 5) is 10.7. The van der Waals surface area contributed by atoms with Gasteiger partial charge in [0.1, 0.15) is 5.82 Å². The summed E-state index contributed by atoms with van der Waals surface area (Å²) < 4.78 is 2.09. The molecule has 0 saturated carbocycles. The Hall–Kier alpha value is -2.67. The first-order chi connectivity index (χ1) is 13.2. The van der Waals surface area contributed by atoms with Crippen LogP contribution in [0.4, 0.5) is 11.9 Å². The van der Waals surface area contributed by atoms with Crippen molar-refractivity contribution in [3.63, 3.8) is 0 Å². The van der Waals surface area contributed by atoms with Crippen molar-refractivity contribution in [1.82, 2.24) is 24.7 Å². The maximum absolute atomic E-state index is 6.03. The molecular formula is C19H22ClN7. The lowest BCUT2D eigenvalue weighted by atomic mass is 9.97. The van der Waals surface area contributed by atoms with Crippen molar-refractivity contribution in [3.8, 4) is 5.69 Å². The van der Waals surface area contributed by atoms with Crippen molar-refractivity contribution in [2.75, 3.05) is 29.9 Å². The summed E-state index contributed by atoms with van der Waals surface area (Å²) in [5.41, 5.74) is 1.03. The fraction of sp³-hybridized carbons (Fsp3) is 0.368. The maximum Gasteiger partial charge on any atom is 0.231 e. The number of rotatable bonds is 5. The molecule has 3 aromatic rings. The van der Waals surface area contributed by atoms with Gasteiger partial charge in [0.2, 0.25) is 11.9 Å². The lowest BCUT2D eigenvalue weighted by Gasteiger charge is -2.32. The third-order valence-electron chi connectivity index (χ3n) is 4.90. The fourth-order valence-electron chi connectivity index (χ4n) is 3.41. The highest BCUT2D eigenvalue weighted by atomic mass is 35.5. The Balaban J connectivity index is 1.41. The number of aryl methyl sites for hydroxylation is 1. The van der Waals surface area contributed by atoms with Crippen LogP contribution in [0.1, 0.15) is 18.7 Å². The van der Waals surface area contributed by atoms with Gasteiger partial charge in [0.05, 0.1) is 5.69 Å². The molecule has 1 aliphatic heterocycles. The van der Waals surface area contributed by atoms with E-state index >= 15 is 0 Å². The van der Waals surface area contributed by atoms with Crippen molar-refractivity contribution in [1.29, 1.82) is 0 Å². The van der Waals surface area contributed by atoms with Crippen LogP contribution in [0.25, 0.3) is 5.69 Å². The molecule has 0 unspecified atom stereocenters. The third-order valence-corrected chi connectivity index (χ3v) is 5.16. The number of hydrogen-bond donors (Lipinski definition) is 1. The SMILES string of the molecule is Cc1nnc(N2CCC(CNc3ncccn3)CC2)n1-c1ccc(Cl)cc1. The molecule has 1 saturated heterocycles. The summed E-state index contributed by atoms with van der Waals surface area (Å²) in [6.07, 6.45) is 5.69. The highest BCUT2D eigenvalue weighted by Gasteiger charge is 2.24. The van der Waals surface area contributed by atoms with Crippen LogP contribution in [-0.4, -0.2) is 44.4 Å². The Kier molecular flexibility index (Phi) is 5.20. The van der Waals surface area contributed by atoms with E-state index in [0.717, 1.165) is 55.0 Å². The van der Waals surface area contributed by atoms with E-state index < -0.39 is 0 Å². The Bertz CT molecular complexity index is 871. The number of nitrogens with one attached hydrogen (secondary N) is 1. The van der Waals surface area contributed by atoms with Crippen molar-refractivity contribution < 1.29 is 0 Å². The molecule has 2 aromatic heterocycles. The van der Waals surface area contributed by atoms with E-state index in [1.807, 2.05) is 37.3 Å². The summed E-state index contributed by atoms with van der Waals surface area (Å²) in [5.74, 6) is 3.06. The number of hydrogen-bond acceptors (Lipinski definition) is 6. The average molecular weight is 384 g/mol. The molecule has 3 heterocycles. The normalized spacial score (nSPS) is 15.1. The van der Waals surface area contributed by atoms with E-state index in [2.05, 4.69) is 34.9 Å². The van der Waals surface area contributed by atoms with Gasteiger partial charge in [-0.2, -0.15) is 0 Å². The van der Waals surface area contributed by atoms with E-state index in [4.69, 9.17) is 11.6 Å². The molecule has 0 bridgehead atoms. The second-order valence-corrected chi connectivity index (χ2v) is 7.18. The van der Waals surface area contributed by atoms with Gasteiger partial charge in [0.15, 0.2) is 0 Å². The first kappa shape index (κ1) is 17.7. The molecule has 140 valence electrons. The molecule has 0 spiro atoms. The van der Waals surface area contributed by atoms with Crippen LogP contribution in [0.3, 0.4) is 0 Å². The van der Waals surface area contributed by atoms with Crippen LogP contribution < -0.4 is 10.2 Å². The van der Waals surface area contributed by atoms with E-state index in [9.17, 15) is 0 Å². The standard InChI is InChI=1S/C19H22ClN7/c1-14-24-25-19(27(14)17-5-3-16(20)4-6-17)26-11-7-15(8-12-26)13-23-18-21-9-2-10-22-18/h2-6,9-10,15H,7-8,11-13H2,1H3,(H,21,22,23). The van der Waals surface area contributed by atoms with Crippen molar-refractivity contribution in [2.24, 2.45) is 5.92 Å². The number of nitrogens with zero attached hydrogens (tertiary/aromatic N) is 6. The lowest BCUT2D eigenvalue weighted by molar-refractivity contribution is 0.418. The monoisotopic (exact) mass is 383 g/mol. The largest absolute Gasteiger partial charge is 0.354 e. The van der Waals surface area contributed by atoms with Crippen molar-refractivity contribution in [3.05, 3.63) is 53.6 Å². The second-order valence-electron chi connectivity index (χ2n) is 6.74. The second kappa shape index (κ2) is 7.92. The van der Waals surface area contributed by atoms with Gasteiger partial charge in [0.25, 0.3) is 0 Å². The molecule has 1 N–H and O–H groups in total. The molecule has 0 amide bonds. The van der Waals surface area contributed by atoms with Crippen LogP contribution in [0.15, 0.2) is 42.7 Å². The number of piperidine rings is 1. The van der Waals surface area contributed by atoms with E-state index in [1.165, 1.54) is 0 Å². The van der Waals surface area contributed by atoms with E-state index in [1.54, 1.807) is 12.4 Å². The molecule has 0 atom stereocenters. The zero-order valence-electron chi connectivity index (χ0n) is 15.2. The van der Waals surface area contributed by atoms with Crippen LogP contribution in [0.5, 0.6) is 0 Å². The fourth-order valence-corrected chi connectivity index (χ4v) is 3.54. The minimum atomic E-state index is 0.595. The maximum atomic E-state index is 6.03. The van der Waals surface area contributed by atoms with Crippen LogP contribution >= 0.6 is 11.6 Å². The highest BCUT2D eigenvalue weighted by molar-refractivity contribution is 6.30. The van der Waals surface area contributed by atoms with Gasteiger partial charge in [-0.1, -0.05) is 11.6 Å². The minimum absolute atomic E-state index is 0.595. The summed E-state index contributed by atoms with van der Waals surface area (Å²) >= 11 is 6.03. The lowest BCUT2D eigenvalue weighted by Crippen LogP contribution is -2.37.